The smallest absolute Gasteiger partial charge is 0.334 e. The zero-order valence-electron chi connectivity index (χ0n) is 14.7. The molecule has 0 bridgehead atoms. The lowest BCUT2D eigenvalue weighted by Crippen LogP contribution is -2.54. The van der Waals surface area contributed by atoms with Gasteiger partial charge in [-0.3, -0.25) is 4.79 Å². The third-order valence-electron chi connectivity index (χ3n) is 4.88. The molecular formula is C20H19BrClNO4. The molecule has 5 nitrogen and oxygen atoms in total. The maximum absolute atomic E-state index is 12.9. The van der Waals surface area contributed by atoms with Crippen LogP contribution >= 0.6 is 27.5 Å². The Morgan fingerprint density at radius 1 is 1.30 bits per heavy atom. The van der Waals surface area contributed by atoms with Crippen LogP contribution in [0.1, 0.15) is 24.5 Å². The number of benzene rings is 2. The molecular weight excluding hydrogens is 434 g/mol. The molecule has 2 unspecified atom stereocenters. The summed E-state index contributed by atoms with van der Waals surface area (Å²) in [5.74, 6) is -1.19. The standard InChI is InChI=1S/C20H19BrClNO4/c1-2-20(19(25)26,14-6-8-15(22)9-7-14)23-18(24)13-10-12-4-3-5-16(21)17(12)27-11-13/h3-9,13H,2,10-11H2,1H3,(H,23,24)(H,25,26). The second-order valence-corrected chi connectivity index (χ2v) is 7.79. The summed E-state index contributed by atoms with van der Waals surface area (Å²) in [5, 5.41) is 13.2. The molecule has 0 radical (unpaired) electrons. The number of hydrogen-bond acceptors (Lipinski definition) is 3. The highest BCUT2D eigenvalue weighted by molar-refractivity contribution is 9.10. The van der Waals surface area contributed by atoms with Gasteiger partial charge < -0.3 is 15.2 Å². The third kappa shape index (κ3) is 3.82. The number of nitrogens with one attached hydrogen (secondary N) is 1. The molecule has 0 spiro atoms. The molecule has 2 aromatic carbocycles. The van der Waals surface area contributed by atoms with Crippen LogP contribution in [0, 0.1) is 5.92 Å². The summed E-state index contributed by atoms with van der Waals surface area (Å²) in [6.07, 6.45) is 0.687. The van der Waals surface area contributed by atoms with Gasteiger partial charge in [0, 0.05) is 5.02 Å². The van der Waals surface area contributed by atoms with Gasteiger partial charge in [-0.05, 0) is 58.1 Å². The van der Waals surface area contributed by atoms with Crippen LogP contribution in [-0.4, -0.2) is 23.6 Å². The van der Waals surface area contributed by atoms with Crippen molar-refractivity contribution in [2.75, 3.05) is 6.61 Å². The van der Waals surface area contributed by atoms with Crippen LogP contribution in [0.3, 0.4) is 0 Å². The van der Waals surface area contributed by atoms with Crippen LogP contribution in [0.2, 0.25) is 5.02 Å². The number of carboxylic acid groups (broad SMARTS) is 1. The summed E-state index contributed by atoms with van der Waals surface area (Å²) < 4.78 is 6.59. The summed E-state index contributed by atoms with van der Waals surface area (Å²) in [6.45, 7) is 1.92. The van der Waals surface area contributed by atoms with Crippen molar-refractivity contribution < 1.29 is 19.4 Å². The first-order valence-electron chi connectivity index (χ1n) is 8.59. The van der Waals surface area contributed by atoms with Crippen molar-refractivity contribution in [1.29, 1.82) is 0 Å². The number of rotatable bonds is 5. The fourth-order valence-corrected chi connectivity index (χ4v) is 3.94. The van der Waals surface area contributed by atoms with Gasteiger partial charge in [0.2, 0.25) is 5.91 Å². The van der Waals surface area contributed by atoms with E-state index in [9.17, 15) is 14.7 Å². The monoisotopic (exact) mass is 451 g/mol. The Morgan fingerprint density at radius 3 is 2.63 bits per heavy atom. The Hall–Kier alpha value is -2.05. The van der Waals surface area contributed by atoms with E-state index in [1.807, 2.05) is 18.2 Å². The number of amides is 1. The molecule has 0 aromatic heterocycles. The van der Waals surface area contributed by atoms with Crippen LogP contribution < -0.4 is 10.1 Å². The van der Waals surface area contributed by atoms with Gasteiger partial charge in [-0.15, -0.1) is 0 Å². The van der Waals surface area contributed by atoms with Crippen molar-refractivity contribution in [2.45, 2.75) is 25.3 Å². The molecule has 0 saturated carbocycles. The van der Waals surface area contributed by atoms with Crippen molar-refractivity contribution >= 4 is 39.4 Å². The van der Waals surface area contributed by atoms with Crippen LogP contribution in [0.4, 0.5) is 0 Å². The normalized spacial score (nSPS) is 18.0. The maximum Gasteiger partial charge on any atom is 0.334 e. The molecule has 142 valence electrons. The van der Waals surface area contributed by atoms with E-state index in [1.54, 1.807) is 31.2 Å². The molecule has 2 aromatic rings. The van der Waals surface area contributed by atoms with Gasteiger partial charge in [0.05, 0.1) is 10.4 Å². The zero-order chi connectivity index (χ0) is 19.6. The fourth-order valence-electron chi connectivity index (χ4n) is 3.29. The summed E-state index contributed by atoms with van der Waals surface area (Å²) in [6, 6.07) is 12.2. The van der Waals surface area contributed by atoms with E-state index < -0.39 is 17.4 Å². The zero-order valence-corrected chi connectivity index (χ0v) is 17.0. The van der Waals surface area contributed by atoms with Gasteiger partial charge in [0.25, 0.3) is 0 Å². The number of hydrogen-bond donors (Lipinski definition) is 2. The molecule has 2 atom stereocenters. The Bertz CT molecular complexity index is 871. The quantitative estimate of drug-likeness (QED) is 0.714. The third-order valence-corrected chi connectivity index (χ3v) is 5.76. The topological polar surface area (TPSA) is 75.6 Å². The Morgan fingerprint density at radius 2 is 2.00 bits per heavy atom. The average molecular weight is 453 g/mol. The van der Waals surface area contributed by atoms with Crippen molar-refractivity contribution in [3.63, 3.8) is 0 Å². The van der Waals surface area contributed by atoms with E-state index in [-0.39, 0.29) is 18.9 Å². The lowest BCUT2D eigenvalue weighted by atomic mass is 9.85. The van der Waals surface area contributed by atoms with E-state index >= 15 is 0 Å². The number of carbonyl (C=O) groups excluding carboxylic acids is 1. The number of para-hydroxylation sites is 1. The first-order chi connectivity index (χ1) is 12.9. The average Bonchev–Trinajstić information content (AvgIpc) is 2.66. The Kier molecular flexibility index (Phi) is 5.77. The largest absolute Gasteiger partial charge is 0.491 e. The SMILES string of the molecule is CCC(NC(=O)C1COc2c(Br)cccc2C1)(C(=O)O)c1ccc(Cl)cc1. The number of ether oxygens (including phenoxy) is 1. The van der Waals surface area contributed by atoms with Gasteiger partial charge in [0.1, 0.15) is 12.4 Å². The van der Waals surface area contributed by atoms with Crippen LogP contribution in [-0.2, 0) is 21.5 Å². The van der Waals surface area contributed by atoms with Crippen LogP contribution in [0.15, 0.2) is 46.9 Å². The van der Waals surface area contributed by atoms with E-state index in [0.29, 0.717) is 17.0 Å². The fraction of sp³-hybridized carbons (Fsp3) is 0.300. The number of fused-ring (bicyclic) bond motifs is 1. The van der Waals surface area contributed by atoms with Crippen molar-refractivity contribution in [2.24, 2.45) is 5.92 Å². The van der Waals surface area contributed by atoms with E-state index in [0.717, 1.165) is 15.8 Å². The second kappa shape index (κ2) is 7.90. The van der Waals surface area contributed by atoms with E-state index in [1.165, 1.54) is 0 Å². The molecule has 0 aliphatic carbocycles. The van der Waals surface area contributed by atoms with E-state index in [2.05, 4.69) is 21.2 Å². The highest BCUT2D eigenvalue weighted by Gasteiger charge is 2.42. The van der Waals surface area contributed by atoms with Gasteiger partial charge in [-0.1, -0.05) is 42.8 Å². The van der Waals surface area contributed by atoms with Crippen molar-refractivity contribution in [3.8, 4) is 5.75 Å². The molecule has 1 aliphatic heterocycles. The lowest BCUT2D eigenvalue weighted by Gasteiger charge is -2.33. The molecule has 1 heterocycles. The van der Waals surface area contributed by atoms with E-state index in [4.69, 9.17) is 16.3 Å². The first kappa shape index (κ1) is 19.7. The second-order valence-electron chi connectivity index (χ2n) is 6.50. The molecule has 7 heteroatoms. The minimum Gasteiger partial charge on any atom is -0.491 e. The Balaban J connectivity index is 1.85. The predicted molar refractivity (Wildman–Crippen MR) is 106 cm³/mol. The predicted octanol–water partition coefficient (Wildman–Crippen LogP) is 4.16. The molecule has 27 heavy (non-hydrogen) atoms. The molecule has 3 rings (SSSR count). The lowest BCUT2D eigenvalue weighted by molar-refractivity contribution is -0.149. The number of halogens is 2. The van der Waals surface area contributed by atoms with Crippen LogP contribution in [0.25, 0.3) is 0 Å². The number of carboxylic acids is 1. The number of carbonyl (C=O) groups is 2. The van der Waals surface area contributed by atoms with Gasteiger partial charge in [0.15, 0.2) is 5.54 Å². The number of aliphatic carboxylic acids is 1. The first-order valence-corrected chi connectivity index (χ1v) is 9.76. The van der Waals surface area contributed by atoms with Gasteiger partial charge >= 0.3 is 5.97 Å². The summed E-state index contributed by atoms with van der Waals surface area (Å²) >= 11 is 9.36. The summed E-state index contributed by atoms with van der Waals surface area (Å²) in [4.78, 5) is 25.0. The van der Waals surface area contributed by atoms with Crippen molar-refractivity contribution in [1.82, 2.24) is 5.32 Å². The summed E-state index contributed by atoms with van der Waals surface area (Å²) in [5.41, 5.74) is -0.117. The van der Waals surface area contributed by atoms with Crippen LogP contribution in [0.5, 0.6) is 5.75 Å². The van der Waals surface area contributed by atoms with Gasteiger partial charge in [-0.2, -0.15) is 0 Å². The minimum absolute atomic E-state index is 0.196. The highest BCUT2D eigenvalue weighted by atomic mass is 79.9. The minimum atomic E-state index is -1.51. The molecule has 1 amide bonds. The molecule has 2 N–H and O–H groups in total. The molecule has 0 saturated heterocycles. The summed E-state index contributed by atoms with van der Waals surface area (Å²) in [7, 11) is 0. The van der Waals surface area contributed by atoms with Gasteiger partial charge in [-0.25, -0.2) is 4.79 Å². The maximum atomic E-state index is 12.9. The Labute approximate surface area is 170 Å². The molecule has 1 aliphatic rings. The highest BCUT2D eigenvalue weighted by Crippen LogP contribution is 2.35. The molecule has 0 fully saturated rings. The van der Waals surface area contributed by atoms with Crippen molar-refractivity contribution in [3.05, 3.63) is 63.1 Å².